The van der Waals surface area contributed by atoms with Crippen LogP contribution in [-0.2, 0) is 10.8 Å². The van der Waals surface area contributed by atoms with Gasteiger partial charge in [-0.05, 0) is 91.3 Å². The Kier molecular flexibility index (Phi) is 7.68. The van der Waals surface area contributed by atoms with E-state index >= 15 is 0 Å². The van der Waals surface area contributed by atoms with Crippen molar-refractivity contribution in [3.05, 3.63) is 282 Å². The summed E-state index contributed by atoms with van der Waals surface area (Å²) in [7, 11) is 0. The molecule has 0 spiro atoms. The van der Waals surface area contributed by atoms with Gasteiger partial charge >= 0.3 is 0 Å². The van der Waals surface area contributed by atoms with E-state index in [1.165, 1.54) is 115 Å². The van der Waals surface area contributed by atoms with Crippen molar-refractivity contribution in [2.75, 3.05) is 0 Å². The third-order valence-corrected chi connectivity index (χ3v) is 17.6. The van der Waals surface area contributed by atoms with Crippen molar-refractivity contribution in [3.63, 3.8) is 0 Å². The van der Waals surface area contributed by atoms with Crippen LogP contribution in [0.25, 0.3) is 121 Å². The Bertz CT molecular complexity index is 4660. The number of hydrogen-bond donors (Lipinski definition) is 0. The minimum atomic E-state index is -0.625. The summed E-state index contributed by atoms with van der Waals surface area (Å²) in [4.78, 5) is 15.8. The third-order valence-electron chi connectivity index (χ3n) is 17.6. The molecular weight excluding hydrogens is 923 g/mol. The van der Waals surface area contributed by atoms with Crippen molar-refractivity contribution in [2.24, 2.45) is 0 Å². The van der Waals surface area contributed by atoms with Gasteiger partial charge in [0.15, 0.2) is 17.5 Å². The van der Waals surface area contributed by atoms with E-state index in [1.807, 2.05) is 36.4 Å². The average Bonchev–Trinajstić information content (AvgIpc) is 4.42. The molecule has 5 nitrogen and oxygen atoms in total. The first-order chi connectivity index (χ1) is 37.7. The number of hydrogen-bond acceptors (Lipinski definition) is 3. The van der Waals surface area contributed by atoms with Crippen LogP contribution in [0.3, 0.4) is 0 Å². The summed E-state index contributed by atoms with van der Waals surface area (Å²) in [6.45, 7) is 0. The number of benzene rings is 12. The third kappa shape index (κ3) is 4.72. The molecule has 18 rings (SSSR count). The molecular formula is C71H41N5. The summed E-state index contributed by atoms with van der Waals surface area (Å²) >= 11 is 0. The zero-order chi connectivity index (χ0) is 49.4. The molecule has 350 valence electrons. The largest absolute Gasteiger partial charge is 0.309 e. The topological polar surface area (TPSA) is 48.5 Å². The van der Waals surface area contributed by atoms with E-state index in [9.17, 15) is 0 Å². The summed E-state index contributed by atoms with van der Waals surface area (Å²) in [6, 6.07) is 92.0. The summed E-state index contributed by atoms with van der Waals surface area (Å²) in [5.41, 5.74) is 16.8. The highest BCUT2D eigenvalue weighted by Gasteiger charge is 2.70. The van der Waals surface area contributed by atoms with Crippen LogP contribution in [-0.4, -0.2) is 24.1 Å². The Morgan fingerprint density at radius 2 is 0.553 bits per heavy atom. The zero-order valence-corrected chi connectivity index (χ0v) is 40.9. The van der Waals surface area contributed by atoms with Gasteiger partial charge in [-0.1, -0.05) is 212 Å². The second-order valence-corrected chi connectivity index (χ2v) is 20.9. The van der Waals surface area contributed by atoms with E-state index in [4.69, 9.17) is 15.0 Å². The first kappa shape index (κ1) is 40.5. The molecule has 0 radical (unpaired) electrons. The normalized spacial score (nSPS) is 16.8. The van der Waals surface area contributed by atoms with Crippen molar-refractivity contribution < 1.29 is 0 Å². The lowest BCUT2D eigenvalue weighted by Gasteiger charge is -2.40. The highest BCUT2D eigenvalue weighted by molar-refractivity contribution is 6.19. The van der Waals surface area contributed by atoms with Crippen molar-refractivity contribution in [3.8, 4) is 45.5 Å². The lowest BCUT2D eigenvalue weighted by atomic mass is 9.59. The van der Waals surface area contributed by atoms with Crippen molar-refractivity contribution in [1.29, 1.82) is 0 Å². The molecule has 0 fully saturated rings. The monoisotopic (exact) mass is 963 g/mol. The molecule has 3 aliphatic carbocycles. The predicted molar refractivity (Wildman–Crippen MR) is 310 cm³/mol. The van der Waals surface area contributed by atoms with Crippen LogP contribution in [0.4, 0.5) is 0 Å². The van der Waals surface area contributed by atoms with Gasteiger partial charge in [-0.15, -0.1) is 0 Å². The molecule has 3 aliphatic rings. The van der Waals surface area contributed by atoms with Gasteiger partial charge in [0, 0.05) is 49.0 Å². The van der Waals surface area contributed by atoms with Crippen molar-refractivity contribution in [2.45, 2.75) is 10.8 Å². The lowest BCUT2D eigenvalue weighted by molar-refractivity contribution is 0.492. The van der Waals surface area contributed by atoms with E-state index < -0.39 is 10.8 Å². The maximum absolute atomic E-state index is 5.33. The SMILES string of the molecule is c1ccc(-c2nc(-c3ccccc3)nc(-c3ccc4c5c(cccc35)C35c6cccc7c(-n8c9ccccc9c9ccccc98)ccc(c67)C43c3ccc(-n4c6ccccc6c6ccccc64)c4cccc5c34)n2)cc1. The highest BCUT2D eigenvalue weighted by Crippen LogP contribution is 2.76. The predicted octanol–water partition coefficient (Wildman–Crippen LogP) is 16.8. The van der Waals surface area contributed by atoms with Crippen LogP contribution in [0.5, 0.6) is 0 Å². The zero-order valence-electron chi connectivity index (χ0n) is 40.9. The molecule has 0 aliphatic heterocycles. The van der Waals surface area contributed by atoms with E-state index in [-0.39, 0.29) is 0 Å². The number of rotatable bonds is 5. The van der Waals surface area contributed by atoms with Gasteiger partial charge in [0.05, 0.1) is 44.3 Å². The lowest BCUT2D eigenvalue weighted by Crippen LogP contribution is -2.42. The minimum Gasteiger partial charge on any atom is -0.309 e. The van der Waals surface area contributed by atoms with Crippen LogP contribution in [0, 0.1) is 0 Å². The summed E-state index contributed by atoms with van der Waals surface area (Å²) in [5, 5.41) is 12.6. The van der Waals surface area contributed by atoms with Crippen LogP contribution in [0.1, 0.15) is 33.4 Å². The quantitative estimate of drug-likeness (QED) is 0.173. The molecule has 0 amide bonds. The molecule has 15 aromatic rings. The van der Waals surface area contributed by atoms with Crippen molar-refractivity contribution >= 4 is 75.9 Å². The molecule has 0 N–H and O–H groups in total. The number of fused-ring (bicyclic) bond motifs is 6. The average molecular weight is 964 g/mol. The van der Waals surface area contributed by atoms with E-state index in [2.05, 4.69) is 221 Å². The highest BCUT2D eigenvalue weighted by atomic mass is 15.0. The van der Waals surface area contributed by atoms with Gasteiger partial charge in [-0.3, -0.25) is 0 Å². The standard InChI is InChI=1S/C71H41N5/c1-3-18-42(19-4-1)67-72-68(43-20-5-2-6-21-43)74-69(73-67)49-36-37-55-64-48(49)26-15-29-52(64)70-53-30-16-27-50-62(75-58-32-11-7-22-44(58)45-23-8-12-33-59(45)75)40-38-56(65(50)53)71(55,70)57-39-41-63(51-28-17-31-54(70)66(51)57)76-60-34-13-9-24-46(60)47-25-10-14-35-61(47)76/h1-41H. The smallest absolute Gasteiger partial charge is 0.164 e. The molecule has 0 saturated carbocycles. The second kappa shape index (κ2) is 14.4. The van der Waals surface area contributed by atoms with Gasteiger partial charge in [-0.2, -0.15) is 0 Å². The Balaban J connectivity index is 0.962. The maximum Gasteiger partial charge on any atom is 0.164 e. The second-order valence-electron chi connectivity index (χ2n) is 20.9. The first-order valence-electron chi connectivity index (χ1n) is 26.3. The van der Waals surface area contributed by atoms with E-state index in [0.29, 0.717) is 17.5 Å². The molecule has 76 heavy (non-hydrogen) atoms. The summed E-state index contributed by atoms with van der Waals surface area (Å²) < 4.78 is 5.00. The Morgan fingerprint density at radius 3 is 0.974 bits per heavy atom. The van der Waals surface area contributed by atoms with Crippen LogP contribution in [0.15, 0.2) is 249 Å². The summed E-state index contributed by atoms with van der Waals surface area (Å²) in [5.74, 6) is 1.96. The van der Waals surface area contributed by atoms with Crippen molar-refractivity contribution in [1.82, 2.24) is 24.1 Å². The number of nitrogens with zero attached hydrogens (tertiary/aromatic N) is 5. The minimum absolute atomic E-state index is 0.625. The first-order valence-corrected chi connectivity index (χ1v) is 26.3. The van der Waals surface area contributed by atoms with E-state index in [0.717, 1.165) is 22.1 Å². The Hall–Kier alpha value is -9.97. The molecule has 12 aromatic carbocycles. The molecule has 0 atom stereocenters. The van der Waals surface area contributed by atoms with Gasteiger partial charge in [-0.25, -0.2) is 15.0 Å². The van der Waals surface area contributed by atoms with Gasteiger partial charge < -0.3 is 9.13 Å². The molecule has 3 aromatic heterocycles. The fraction of sp³-hybridized carbons (Fsp3) is 0.0282. The van der Waals surface area contributed by atoms with Gasteiger partial charge in [0.25, 0.3) is 0 Å². The summed E-state index contributed by atoms with van der Waals surface area (Å²) in [6.07, 6.45) is 0. The Morgan fingerprint density at radius 1 is 0.237 bits per heavy atom. The fourth-order valence-electron chi connectivity index (χ4n) is 15.0. The fourth-order valence-corrected chi connectivity index (χ4v) is 15.0. The van der Waals surface area contributed by atoms with E-state index in [1.54, 1.807) is 0 Å². The molecule has 0 saturated heterocycles. The molecule has 3 heterocycles. The molecule has 5 heteroatoms. The number of para-hydroxylation sites is 4. The maximum atomic E-state index is 5.33. The molecule has 0 bridgehead atoms. The molecule has 0 unspecified atom stereocenters. The van der Waals surface area contributed by atoms with Crippen LogP contribution < -0.4 is 0 Å². The van der Waals surface area contributed by atoms with Gasteiger partial charge in [0.2, 0.25) is 0 Å². The van der Waals surface area contributed by atoms with Gasteiger partial charge in [0.1, 0.15) is 0 Å². The van der Waals surface area contributed by atoms with Crippen LogP contribution in [0.2, 0.25) is 0 Å². The van der Waals surface area contributed by atoms with Crippen LogP contribution >= 0.6 is 0 Å². The number of aromatic nitrogens is 5. The Labute approximate surface area is 436 Å².